The number of aliphatic carboxylic acids is 1. The van der Waals surface area contributed by atoms with E-state index in [4.69, 9.17) is 6.42 Å². The second-order valence-corrected chi connectivity index (χ2v) is 10.2. The Balaban J connectivity index is 2.02. The molecule has 6 nitrogen and oxygen atoms in total. The van der Waals surface area contributed by atoms with Crippen molar-refractivity contribution in [1.82, 2.24) is 0 Å². The SMILES string of the molecule is C#CCN(c1ccc(NS(=O)(=O)c2c(C)cc(C)cc2C)c2c1CCC2)C(C)CC(=O)O. The molecule has 0 bridgehead atoms. The Morgan fingerprint density at radius 1 is 1.19 bits per heavy atom. The third-order valence-electron chi connectivity index (χ3n) is 5.95. The number of carbonyl (C=O) groups is 1. The van der Waals surface area contributed by atoms with Gasteiger partial charge in [0.1, 0.15) is 0 Å². The average Bonchev–Trinajstić information content (AvgIpc) is 3.15. The highest BCUT2D eigenvalue weighted by molar-refractivity contribution is 7.92. The standard InChI is InChI=1S/C25H30N2O4S/c1-6-12-27(19(5)15-24(28)29)23-11-10-22(20-8-7-9-21(20)23)26-32(30,31)25-17(3)13-16(2)14-18(25)4/h1,10-11,13-14,19,26H,7-9,12,15H2,2-5H3,(H,28,29). The van der Waals surface area contributed by atoms with Gasteiger partial charge in [0.15, 0.2) is 0 Å². The molecule has 1 aliphatic carbocycles. The topological polar surface area (TPSA) is 86.7 Å². The quantitative estimate of drug-likeness (QED) is 0.584. The second-order valence-electron chi connectivity index (χ2n) is 8.56. The zero-order valence-corrected chi connectivity index (χ0v) is 19.8. The van der Waals surface area contributed by atoms with Crippen molar-refractivity contribution < 1.29 is 18.3 Å². The number of hydrogen-bond donors (Lipinski definition) is 2. The minimum atomic E-state index is -3.76. The van der Waals surface area contributed by atoms with Crippen LogP contribution >= 0.6 is 0 Å². The van der Waals surface area contributed by atoms with Crippen LogP contribution in [0.5, 0.6) is 0 Å². The summed E-state index contributed by atoms with van der Waals surface area (Å²) in [7, 11) is -3.76. The molecule has 0 saturated heterocycles. The number of fused-ring (bicyclic) bond motifs is 1. The minimum absolute atomic E-state index is 0.0309. The number of aryl methyl sites for hydroxylation is 3. The van der Waals surface area contributed by atoms with Crippen LogP contribution in [0.15, 0.2) is 29.2 Å². The van der Waals surface area contributed by atoms with Crippen LogP contribution in [-0.2, 0) is 27.7 Å². The maximum absolute atomic E-state index is 13.3. The van der Waals surface area contributed by atoms with Crippen molar-refractivity contribution in [2.45, 2.75) is 64.3 Å². The van der Waals surface area contributed by atoms with Gasteiger partial charge in [-0.05, 0) is 81.3 Å². The lowest BCUT2D eigenvalue weighted by Crippen LogP contribution is -2.36. The molecule has 2 aromatic carbocycles. The van der Waals surface area contributed by atoms with E-state index in [9.17, 15) is 18.3 Å². The lowest BCUT2D eigenvalue weighted by Gasteiger charge is -2.31. The fourth-order valence-electron chi connectivity index (χ4n) is 4.78. The van der Waals surface area contributed by atoms with Crippen molar-refractivity contribution in [3.05, 3.63) is 52.1 Å². The Hall–Kier alpha value is -2.98. The molecule has 1 unspecified atom stereocenters. The zero-order chi connectivity index (χ0) is 23.6. The van der Waals surface area contributed by atoms with Crippen LogP contribution in [0.2, 0.25) is 0 Å². The summed E-state index contributed by atoms with van der Waals surface area (Å²) in [6.45, 7) is 7.69. The zero-order valence-electron chi connectivity index (χ0n) is 19.0. The summed E-state index contributed by atoms with van der Waals surface area (Å²) in [6.07, 6.45) is 7.99. The highest BCUT2D eigenvalue weighted by atomic mass is 32.2. The highest BCUT2D eigenvalue weighted by Gasteiger charge is 2.27. The normalized spacial score (nSPS) is 13.8. The maximum Gasteiger partial charge on any atom is 0.305 e. The first kappa shape index (κ1) is 23.7. The van der Waals surface area contributed by atoms with Gasteiger partial charge in [0, 0.05) is 11.7 Å². The fraction of sp³-hybridized carbons (Fsp3) is 0.400. The van der Waals surface area contributed by atoms with Gasteiger partial charge in [0.05, 0.1) is 23.5 Å². The maximum atomic E-state index is 13.3. The van der Waals surface area contributed by atoms with E-state index in [-0.39, 0.29) is 19.0 Å². The van der Waals surface area contributed by atoms with Crippen molar-refractivity contribution in [3.8, 4) is 12.3 Å². The third-order valence-corrected chi connectivity index (χ3v) is 7.62. The number of sulfonamides is 1. The molecule has 1 atom stereocenters. The number of terminal acetylenes is 1. The van der Waals surface area contributed by atoms with Gasteiger partial charge in [-0.2, -0.15) is 0 Å². The predicted octanol–water partition coefficient (Wildman–Crippen LogP) is 4.20. The van der Waals surface area contributed by atoms with E-state index >= 15 is 0 Å². The van der Waals surface area contributed by atoms with Crippen LogP contribution in [0.3, 0.4) is 0 Å². The number of rotatable bonds is 8. The third kappa shape index (κ3) is 4.76. The van der Waals surface area contributed by atoms with Crippen LogP contribution < -0.4 is 9.62 Å². The fourth-order valence-corrected chi connectivity index (χ4v) is 6.33. The van der Waals surface area contributed by atoms with Crippen LogP contribution in [0.4, 0.5) is 11.4 Å². The molecule has 2 aromatic rings. The number of carboxylic acids is 1. The molecule has 0 aliphatic heterocycles. The predicted molar refractivity (Wildman–Crippen MR) is 128 cm³/mol. The lowest BCUT2D eigenvalue weighted by molar-refractivity contribution is -0.137. The molecule has 32 heavy (non-hydrogen) atoms. The van der Waals surface area contributed by atoms with E-state index in [0.29, 0.717) is 21.7 Å². The summed E-state index contributed by atoms with van der Waals surface area (Å²) >= 11 is 0. The van der Waals surface area contributed by atoms with E-state index in [1.54, 1.807) is 6.07 Å². The molecule has 0 radical (unpaired) electrons. The highest BCUT2D eigenvalue weighted by Crippen LogP contribution is 2.38. The Morgan fingerprint density at radius 2 is 1.81 bits per heavy atom. The minimum Gasteiger partial charge on any atom is -0.481 e. The van der Waals surface area contributed by atoms with Crippen molar-refractivity contribution in [3.63, 3.8) is 0 Å². The molecule has 0 saturated carbocycles. The number of nitrogens with zero attached hydrogens (tertiary/aromatic N) is 1. The molecule has 0 amide bonds. The smallest absolute Gasteiger partial charge is 0.305 e. The first-order valence-corrected chi connectivity index (χ1v) is 12.2. The molecule has 0 spiro atoms. The van der Waals surface area contributed by atoms with Crippen LogP contribution in [0.1, 0.15) is 47.6 Å². The molecule has 2 N–H and O–H groups in total. The van der Waals surface area contributed by atoms with Crippen LogP contribution in [-0.4, -0.2) is 32.1 Å². The van der Waals surface area contributed by atoms with Crippen LogP contribution in [0, 0.1) is 33.1 Å². The van der Waals surface area contributed by atoms with Crippen LogP contribution in [0.25, 0.3) is 0 Å². The Morgan fingerprint density at radius 3 is 2.41 bits per heavy atom. The number of nitrogens with one attached hydrogen (secondary N) is 1. The molecule has 0 heterocycles. The van der Waals surface area contributed by atoms with Crippen molar-refractivity contribution in [2.75, 3.05) is 16.2 Å². The monoisotopic (exact) mass is 454 g/mol. The number of carboxylic acid groups (broad SMARTS) is 1. The largest absolute Gasteiger partial charge is 0.481 e. The summed E-state index contributed by atoms with van der Waals surface area (Å²) in [5.41, 5.74) is 5.90. The van der Waals surface area contributed by atoms with E-state index in [2.05, 4.69) is 10.6 Å². The summed E-state index contributed by atoms with van der Waals surface area (Å²) in [6, 6.07) is 7.08. The molecule has 7 heteroatoms. The first-order valence-electron chi connectivity index (χ1n) is 10.7. The average molecular weight is 455 g/mol. The van der Waals surface area contributed by atoms with Crippen molar-refractivity contribution >= 4 is 27.4 Å². The molecule has 0 aromatic heterocycles. The molecular weight excluding hydrogens is 424 g/mol. The Bertz CT molecular complexity index is 1170. The molecule has 3 rings (SSSR count). The molecule has 0 fully saturated rings. The molecule has 170 valence electrons. The Kier molecular flexibility index (Phi) is 6.85. The van der Waals surface area contributed by atoms with Gasteiger partial charge in [0.2, 0.25) is 0 Å². The summed E-state index contributed by atoms with van der Waals surface area (Å²) < 4.78 is 29.4. The van der Waals surface area contributed by atoms with Gasteiger partial charge >= 0.3 is 5.97 Å². The number of hydrogen-bond acceptors (Lipinski definition) is 4. The van der Waals surface area contributed by atoms with Crippen molar-refractivity contribution in [1.29, 1.82) is 0 Å². The van der Waals surface area contributed by atoms with E-state index in [1.807, 2.05) is 50.8 Å². The summed E-state index contributed by atoms with van der Waals surface area (Å²) in [5, 5.41) is 9.23. The van der Waals surface area contributed by atoms with E-state index in [1.165, 1.54) is 0 Å². The van der Waals surface area contributed by atoms with Gasteiger partial charge in [-0.1, -0.05) is 23.6 Å². The van der Waals surface area contributed by atoms with Gasteiger partial charge in [-0.25, -0.2) is 8.42 Å². The second kappa shape index (κ2) is 9.25. The van der Waals surface area contributed by atoms with Gasteiger partial charge in [0.25, 0.3) is 10.0 Å². The Labute approximate surface area is 190 Å². The number of anilines is 2. The van der Waals surface area contributed by atoms with E-state index < -0.39 is 16.0 Å². The molecule has 1 aliphatic rings. The number of benzene rings is 2. The van der Waals surface area contributed by atoms with Crippen molar-refractivity contribution in [2.24, 2.45) is 0 Å². The first-order chi connectivity index (χ1) is 15.0. The van der Waals surface area contributed by atoms with Gasteiger partial charge in [-0.15, -0.1) is 6.42 Å². The summed E-state index contributed by atoms with van der Waals surface area (Å²) in [5.74, 6) is 1.74. The van der Waals surface area contributed by atoms with Gasteiger partial charge < -0.3 is 10.0 Å². The lowest BCUT2D eigenvalue weighted by atomic mass is 10.0. The van der Waals surface area contributed by atoms with E-state index in [0.717, 1.165) is 41.6 Å². The summed E-state index contributed by atoms with van der Waals surface area (Å²) in [4.78, 5) is 13.5. The molecular formula is C25H30N2O4S. The van der Waals surface area contributed by atoms with Gasteiger partial charge in [-0.3, -0.25) is 9.52 Å².